The minimum Gasteiger partial charge on any atom is -0.454 e. The van der Waals surface area contributed by atoms with Gasteiger partial charge in [-0.05, 0) is 23.8 Å². The average Bonchev–Trinajstić information content (AvgIpc) is 3.59. The van der Waals surface area contributed by atoms with E-state index in [2.05, 4.69) is 20.3 Å². The van der Waals surface area contributed by atoms with Crippen molar-refractivity contribution in [3.8, 4) is 17.4 Å². The van der Waals surface area contributed by atoms with Gasteiger partial charge in [0.25, 0.3) is 0 Å². The predicted octanol–water partition coefficient (Wildman–Crippen LogP) is 1.35. The molecule has 0 aliphatic carbocycles. The molecule has 0 spiro atoms. The zero-order valence-electron chi connectivity index (χ0n) is 19.2. The van der Waals surface area contributed by atoms with Crippen molar-refractivity contribution in [3.05, 3.63) is 54.7 Å². The highest BCUT2D eigenvalue weighted by Crippen LogP contribution is 2.32. The molecule has 0 radical (unpaired) electrons. The van der Waals surface area contributed by atoms with Crippen LogP contribution in [-0.4, -0.2) is 76.0 Å². The second kappa shape index (κ2) is 9.87. The zero-order chi connectivity index (χ0) is 24.2. The van der Waals surface area contributed by atoms with Gasteiger partial charge >= 0.3 is 6.09 Å². The third kappa shape index (κ3) is 4.95. The van der Waals surface area contributed by atoms with E-state index in [-0.39, 0.29) is 25.2 Å². The van der Waals surface area contributed by atoms with Crippen LogP contribution >= 0.6 is 0 Å². The summed E-state index contributed by atoms with van der Waals surface area (Å²) in [7, 11) is 1.35. The second-order valence-corrected chi connectivity index (χ2v) is 8.12. The Bertz CT molecular complexity index is 1200. The SMILES string of the molecule is COC(=O)N1CCN(c2ccnc(-n3ccnc3)n2)[C@@H](CC(=O)NCc2ccc3c(c2)OCO3)C1. The van der Waals surface area contributed by atoms with Gasteiger partial charge in [0, 0.05) is 51.2 Å². The van der Waals surface area contributed by atoms with Crippen LogP contribution in [0, 0.1) is 0 Å². The number of amides is 2. The molecule has 5 rings (SSSR count). The molecule has 1 aromatic carbocycles. The van der Waals surface area contributed by atoms with Crippen molar-refractivity contribution < 1.29 is 23.8 Å². The topological polar surface area (TPSA) is 124 Å². The van der Waals surface area contributed by atoms with Crippen LogP contribution in [0.4, 0.5) is 10.6 Å². The molecule has 0 bridgehead atoms. The fraction of sp³-hybridized carbons (Fsp3) is 0.348. The van der Waals surface area contributed by atoms with Crippen molar-refractivity contribution in [2.24, 2.45) is 0 Å². The first kappa shape index (κ1) is 22.4. The lowest BCUT2D eigenvalue weighted by Gasteiger charge is -2.41. The minimum atomic E-state index is -0.419. The fourth-order valence-corrected chi connectivity index (χ4v) is 4.17. The monoisotopic (exact) mass is 479 g/mol. The van der Waals surface area contributed by atoms with Gasteiger partial charge in [0.05, 0.1) is 13.2 Å². The number of carbonyl (C=O) groups is 2. The Labute approximate surface area is 201 Å². The number of rotatable bonds is 6. The molecular formula is C23H25N7O5. The lowest BCUT2D eigenvalue weighted by Crippen LogP contribution is -2.56. The number of nitrogens with one attached hydrogen (secondary N) is 1. The lowest BCUT2D eigenvalue weighted by molar-refractivity contribution is -0.121. The number of hydrogen-bond acceptors (Lipinski definition) is 9. The molecule has 2 aliphatic rings. The summed E-state index contributed by atoms with van der Waals surface area (Å²) in [6, 6.07) is 7.07. The summed E-state index contributed by atoms with van der Waals surface area (Å²) < 4.78 is 17.3. The number of benzene rings is 1. The first-order chi connectivity index (χ1) is 17.1. The molecule has 0 saturated carbocycles. The van der Waals surface area contributed by atoms with Crippen molar-refractivity contribution in [2.75, 3.05) is 38.4 Å². The van der Waals surface area contributed by atoms with E-state index in [1.807, 2.05) is 23.1 Å². The fourth-order valence-electron chi connectivity index (χ4n) is 4.17. The average molecular weight is 479 g/mol. The van der Waals surface area contributed by atoms with Crippen molar-refractivity contribution in [1.29, 1.82) is 0 Å². The van der Waals surface area contributed by atoms with Crippen LogP contribution in [0.5, 0.6) is 11.5 Å². The number of imidazole rings is 1. The zero-order valence-corrected chi connectivity index (χ0v) is 19.2. The molecule has 1 N–H and O–H groups in total. The Morgan fingerprint density at radius 2 is 2.06 bits per heavy atom. The van der Waals surface area contributed by atoms with E-state index in [0.29, 0.717) is 49.4 Å². The van der Waals surface area contributed by atoms with E-state index in [4.69, 9.17) is 14.2 Å². The van der Waals surface area contributed by atoms with Crippen molar-refractivity contribution in [2.45, 2.75) is 19.0 Å². The normalized spacial score (nSPS) is 16.8. The van der Waals surface area contributed by atoms with E-state index in [9.17, 15) is 9.59 Å². The van der Waals surface area contributed by atoms with Gasteiger partial charge in [-0.2, -0.15) is 4.98 Å². The van der Waals surface area contributed by atoms with Crippen LogP contribution in [0.15, 0.2) is 49.2 Å². The number of fused-ring (bicyclic) bond motifs is 1. The van der Waals surface area contributed by atoms with E-state index in [1.54, 1.807) is 40.5 Å². The van der Waals surface area contributed by atoms with E-state index in [0.717, 1.165) is 5.56 Å². The number of hydrogen-bond donors (Lipinski definition) is 1. The second-order valence-electron chi connectivity index (χ2n) is 8.12. The van der Waals surface area contributed by atoms with Crippen LogP contribution in [-0.2, 0) is 16.1 Å². The number of piperazine rings is 1. The van der Waals surface area contributed by atoms with Crippen molar-refractivity contribution in [3.63, 3.8) is 0 Å². The van der Waals surface area contributed by atoms with E-state index in [1.165, 1.54) is 7.11 Å². The number of nitrogens with zero attached hydrogens (tertiary/aromatic N) is 6. The minimum absolute atomic E-state index is 0.145. The molecule has 1 saturated heterocycles. The summed E-state index contributed by atoms with van der Waals surface area (Å²) in [5, 5.41) is 2.96. The largest absolute Gasteiger partial charge is 0.454 e. The van der Waals surface area contributed by atoms with Crippen molar-refractivity contribution in [1.82, 2.24) is 29.7 Å². The number of aromatic nitrogens is 4. The smallest absolute Gasteiger partial charge is 0.409 e. The molecule has 2 aliphatic heterocycles. The Morgan fingerprint density at radius 1 is 1.17 bits per heavy atom. The first-order valence-corrected chi connectivity index (χ1v) is 11.2. The van der Waals surface area contributed by atoms with Gasteiger partial charge in [0.1, 0.15) is 12.1 Å². The molecular weight excluding hydrogens is 454 g/mol. The highest BCUT2D eigenvalue weighted by molar-refractivity contribution is 5.77. The summed E-state index contributed by atoms with van der Waals surface area (Å²) >= 11 is 0. The van der Waals surface area contributed by atoms with Gasteiger partial charge in [-0.15, -0.1) is 0 Å². The van der Waals surface area contributed by atoms with Gasteiger partial charge in [-0.1, -0.05) is 6.07 Å². The molecule has 3 aromatic rings. The Morgan fingerprint density at radius 3 is 2.89 bits per heavy atom. The number of methoxy groups -OCH3 is 1. The lowest BCUT2D eigenvalue weighted by atomic mass is 10.1. The molecule has 12 nitrogen and oxygen atoms in total. The molecule has 1 atom stereocenters. The third-order valence-corrected chi connectivity index (χ3v) is 5.92. The molecule has 2 aromatic heterocycles. The third-order valence-electron chi connectivity index (χ3n) is 5.92. The van der Waals surface area contributed by atoms with Gasteiger partial charge in [-0.25, -0.2) is 14.8 Å². The molecule has 182 valence electrons. The molecule has 35 heavy (non-hydrogen) atoms. The van der Waals surface area contributed by atoms with Gasteiger partial charge in [0.15, 0.2) is 11.5 Å². The molecule has 2 amide bonds. The van der Waals surface area contributed by atoms with Crippen LogP contribution in [0.2, 0.25) is 0 Å². The van der Waals surface area contributed by atoms with E-state index < -0.39 is 6.09 Å². The van der Waals surface area contributed by atoms with E-state index >= 15 is 0 Å². The summed E-state index contributed by atoms with van der Waals surface area (Å²) in [6.45, 7) is 1.82. The maximum atomic E-state index is 12.9. The van der Waals surface area contributed by atoms with Crippen LogP contribution in [0.3, 0.4) is 0 Å². The van der Waals surface area contributed by atoms with Crippen LogP contribution < -0.4 is 19.7 Å². The van der Waals surface area contributed by atoms with Gasteiger partial charge < -0.3 is 29.3 Å². The van der Waals surface area contributed by atoms with Crippen LogP contribution in [0.25, 0.3) is 5.95 Å². The highest BCUT2D eigenvalue weighted by Gasteiger charge is 2.32. The quantitative estimate of drug-likeness (QED) is 0.558. The maximum Gasteiger partial charge on any atom is 0.409 e. The number of ether oxygens (including phenoxy) is 3. The summed E-state index contributed by atoms with van der Waals surface area (Å²) in [5.74, 6) is 2.36. The van der Waals surface area contributed by atoms with Crippen molar-refractivity contribution >= 4 is 17.8 Å². The summed E-state index contributed by atoms with van der Waals surface area (Å²) in [4.78, 5) is 41.7. The number of carbonyl (C=O) groups excluding carboxylic acids is 2. The Kier molecular flexibility index (Phi) is 6.33. The van der Waals surface area contributed by atoms with Crippen LogP contribution in [0.1, 0.15) is 12.0 Å². The standard InChI is InChI=1S/C23H25N7O5/c1-33-23(32)28-8-9-30(20-4-5-25-22(27-20)29-7-6-24-14-29)17(13-28)11-21(31)26-12-16-2-3-18-19(10-16)35-15-34-18/h2-7,10,14,17H,8-9,11-13,15H2,1H3,(H,26,31)/t17-/m0/s1. The summed E-state index contributed by atoms with van der Waals surface area (Å²) in [6.07, 6.45) is 6.45. The maximum absolute atomic E-state index is 12.9. The van der Waals surface area contributed by atoms with Gasteiger partial charge in [-0.3, -0.25) is 9.36 Å². The Balaban J connectivity index is 1.29. The van der Waals surface area contributed by atoms with Gasteiger partial charge in [0.2, 0.25) is 18.6 Å². The summed E-state index contributed by atoms with van der Waals surface area (Å²) in [5.41, 5.74) is 0.903. The number of anilines is 1. The highest BCUT2D eigenvalue weighted by atomic mass is 16.7. The molecule has 1 fully saturated rings. The predicted molar refractivity (Wildman–Crippen MR) is 123 cm³/mol. The molecule has 12 heteroatoms. The molecule has 4 heterocycles. The first-order valence-electron chi connectivity index (χ1n) is 11.2. The molecule has 0 unspecified atom stereocenters. The Hall–Kier alpha value is -4.35.